The largest absolute Gasteiger partial charge is 0.506 e. The maximum atomic E-state index is 12.8. The molecule has 0 unspecified atom stereocenters. The average molecular weight is 198 g/mol. The molecule has 0 aromatic heterocycles. The summed E-state index contributed by atoms with van der Waals surface area (Å²) in [6.07, 6.45) is 0.255. The number of ether oxygens (including phenoxy) is 1. The van der Waals surface area contributed by atoms with E-state index in [2.05, 4.69) is 4.74 Å². The fraction of sp³-hybridized carbons (Fsp3) is 0.111. The van der Waals surface area contributed by atoms with Crippen LogP contribution in [0.5, 0.6) is 5.75 Å². The molecule has 0 amide bonds. The third kappa shape index (κ3) is 1.71. The molecule has 0 saturated heterocycles. The minimum Gasteiger partial charge on any atom is -0.506 e. The highest BCUT2D eigenvalue weighted by molar-refractivity contribution is 5.96. The van der Waals surface area contributed by atoms with Crippen molar-refractivity contribution in [2.45, 2.75) is 0 Å². The highest BCUT2D eigenvalue weighted by Gasteiger charge is 2.16. The number of phenolic OH excluding ortho intramolecular Hbond substituents is 1. The zero-order valence-corrected chi connectivity index (χ0v) is 7.28. The Labute approximate surface area is 78.9 Å². The van der Waals surface area contributed by atoms with Crippen molar-refractivity contribution >= 4 is 12.3 Å². The molecule has 1 N–H and O–H groups in total. The topological polar surface area (TPSA) is 63.6 Å². The number of methoxy groups -OCH3 is 1. The number of hydrogen-bond donors (Lipinski definition) is 1. The number of phenols is 1. The van der Waals surface area contributed by atoms with Crippen LogP contribution < -0.4 is 0 Å². The molecule has 0 aliphatic rings. The van der Waals surface area contributed by atoms with Gasteiger partial charge in [0.15, 0.2) is 6.29 Å². The van der Waals surface area contributed by atoms with Crippen molar-refractivity contribution in [2.75, 3.05) is 7.11 Å². The molecule has 5 heteroatoms. The Kier molecular flexibility index (Phi) is 2.81. The first-order valence-electron chi connectivity index (χ1n) is 3.66. The van der Waals surface area contributed by atoms with Crippen LogP contribution in [0.4, 0.5) is 4.39 Å². The highest BCUT2D eigenvalue weighted by Crippen LogP contribution is 2.23. The molecule has 1 rings (SSSR count). The molecule has 0 fully saturated rings. The molecule has 0 heterocycles. The van der Waals surface area contributed by atoms with E-state index < -0.39 is 17.5 Å². The lowest BCUT2D eigenvalue weighted by molar-refractivity contribution is 0.0597. The second kappa shape index (κ2) is 3.87. The average Bonchev–Trinajstić information content (AvgIpc) is 2.19. The van der Waals surface area contributed by atoms with Crippen molar-refractivity contribution in [3.8, 4) is 5.75 Å². The molecule has 0 atom stereocenters. The van der Waals surface area contributed by atoms with Crippen LogP contribution in [0.25, 0.3) is 0 Å². The minimum atomic E-state index is -0.898. The summed E-state index contributed by atoms with van der Waals surface area (Å²) in [5, 5.41) is 9.32. The summed E-state index contributed by atoms with van der Waals surface area (Å²) in [6, 6.07) is 1.63. The normalized spacial score (nSPS) is 9.57. The number of halogens is 1. The molecule has 0 aliphatic heterocycles. The predicted molar refractivity (Wildman–Crippen MR) is 44.8 cm³/mol. The number of aldehydes is 1. The molecule has 0 saturated carbocycles. The summed E-state index contributed by atoms with van der Waals surface area (Å²) in [7, 11) is 1.09. The van der Waals surface area contributed by atoms with Gasteiger partial charge in [-0.05, 0) is 12.1 Å². The monoisotopic (exact) mass is 198 g/mol. The molecule has 4 nitrogen and oxygen atoms in total. The maximum Gasteiger partial charge on any atom is 0.341 e. The molecular formula is C9H7FO4. The Hall–Kier alpha value is -1.91. The number of benzene rings is 1. The van der Waals surface area contributed by atoms with Crippen LogP contribution in [0.2, 0.25) is 0 Å². The number of carbonyl (C=O) groups excluding carboxylic acids is 2. The van der Waals surface area contributed by atoms with Gasteiger partial charge in [-0.2, -0.15) is 0 Å². The highest BCUT2D eigenvalue weighted by atomic mass is 19.1. The second-order valence-corrected chi connectivity index (χ2v) is 2.50. The zero-order valence-electron chi connectivity index (χ0n) is 7.28. The van der Waals surface area contributed by atoms with Gasteiger partial charge in [0.2, 0.25) is 0 Å². The third-order valence-corrected chi connectivity index (χ3v) is 1.64. The van der Waals surface area contributed by atoms with Gasteiger partial charge in [0.25, 0.3) is 0 Å². The molecule has 74 valence electrons. The quantitative estimate of drug-likeness (QED) is 0.571. The first-order valence-corrected chi connectivity index (χ1v) is 3.66. The number of esters is 1. The lowest BCUT2D eigenvalue weighted by Crippen LogP contribution is -2.03. The number of aromatic hydroxyl groups is 1. The Morgan fingerprint density at radius 1 is 1.57 bits per heavy atom. The van der Waals surface area contributed by atoms with Crippen molar-refractivity contribution in [3.05, 3.63) is 29.1 Å². The van der Waals surface area contributed by atoms with Crippen LogP contribution in [0.1, 0.15) is 20.7 Å². The van der Waals surface area contributed by atoms with Gasteiger partial charge < -0.3 is 9.84 Å². The third-order valence-electron chi connectivity index (χ3n) is 1.64. The van der Waals surface area contributed by atoms with Crippen LogP contribution in [0.15, 0.2) is 12.1 Å². The first-order chi connectivity index (χ1) is 6.60. The van der Waals surface area contributed by atoms with E-state index in [9.17, 15) is 19.1 Å². The Bertz CT molecular complexity index is 387. The number of hydrogen-bond acceptors (Lipinski definition) is 4. The van der Waals surface area contributed by atoms with Crippen molar-refractivity contribution in [1.29, 1.82) is 0 Å². The van der Waals surface area contributed by atoms with E-state index >= 15 is 0 Å². The van der Waals surface area contributed by atoms with E-state index in [0.29, 0.717) is 0 Å². The van der Waals surface area contributed by atoms with Gasteiger partial charge in [-0.25, -0.2) is 9.18 Å². The summed E-state index contributed by atoms with van der Waals surface area (Å²) < 4.78 is 17.1. The Morgan fingerprint density at radius 2 is 2.21 bits per heavy atom. The van der Waals surface area contributed by atoms with Crippen molar-refractivity contribution < 1.29 is 23.8 Å². The first kappa shape index (κ1) is 10.2. The SMILES string of the molecule is COC(=O)c1cc(F)cc(C=O)c1O. The lowest BCUT2D eigenvalue weighted by Gasteiger charge is -2.04. The van der Waals surface area contributed by atoms with Gasteiger partial charge in [-0.3, -0.25) is 4.79 Å². The second-order valence-electron chi connectivity index (χ2n) is 2.50. The Balaban J connectivity index is 3.36. The molecule has 1 aromatic rings. The summed E-state index contributed by atoms with van der Waals surface area (Å²) in [5.41, 5.74) is -0.653. The van der Waals surface area contributed by atoms with Crippen LogP contribution in [0, 0.1) is 5.82 Å². The van der Waals surface area contributed by atoms with Crippen molar-refractivity contribution in [2.24, 2.45) is 0 Å². The Morgan fingerprint density at radius 3 is 2.71 bits per heavy atom. The fourth-order valence-electron chi connectivity index (χ4n) is 0.976. The van der Waals surface area contributed by atoms with Gasteiger partial charge in [0, 0.05) is 0 Å². The lowest BCUT2D eigenvalue weighted by atomic mass is 10.1. The van der Waals surface area contributed by atoms with Gasteiger partial charge in [-0.1, -0.05) is 0 Å². The van der Waals surface area contributed by atoms with E-state index in [1.807, 2.05) is 0 Å². The van der Waals surface area contributed by atoms with Crippen molar-refractivity contribution in [3.63, 3.8) is 0 Å². The minimum absolute atomic E-state index is 0.255. The van der Waals surface area contributed by atoms with E-state index in [1.54, 1.807) is 0 Å². The number of carbonyl (C=O) groups is 2. The summed E-state index contributed by atoms with van der Waals surface area (Å²) >= 11 is 0. The standard InChI is InChI=1S/C9H7FO4/c1-14-9(13)7-3-6(10)2-5(4-11)8(7)12/h2-4,12H,1H3. The molecule has 0 bridgehead atoms. The van der Waals surface area contributed by atoms with Crippen LogP contribution in [-0.2, 0) is 4.74 Å². The fourth-order valence-corrected chi connectivity index (χ4v) is 0.976. The van der Waals surface area contributed by atoms with Crippen LogP contribution in [-0.4, -0.2) is 24.5 Å². The zero-order chi connectivity index (χ0) is 10.7. The summed E-state index contributed by atoms with van der Waals surface area (Å²) in [5.74, 6) is -2.26. The molecule has 0 aliphatic carbocycles. The summed E-state index contributed by atoms with van der Waals surface area (Å²) in [4.78, 5) is 21.4. The van der Waals surface area contributed by atoms with Gasteiger partial charge in [-0.15, -0.1) is 0 Å². The van der Waals surface area contributed by atoms with Gasteiger partial charge >= 0.3 is 5.97 Å². The number of rotatable bonds is 2. The van der Waals surface area contributed by atoms with Crippen LogP contribution >= 0.6 is 0 Å². The molecular weight excluding hydrogens is 191 g/mol. The van der Waals surface area contributed by atoms with Crippen molar-refractivity contribution in [1.82, 2.24) is 0 Å². The molecule has 0 radical (unpaired) electrons. The van der Waals surface area contributed by atoms with Gasteiger partial charge in [0.1, 0.15) is 17.1 Å². The van der Waals surface area contributed by atoms with E-state index in [1.165, 1.54) is 0 Å². The molecule has 14 heavy (non-hydrogen) atoms. The predicted octanol–water partition coefficient (Wildman–Crippen LogP) is 1.13. The van der Waals surface area contributed by atoms with E-state index in [0.717, 1.165) is 19.2 Å². The van der Waals surface area contributed by atoms with E-state index in [4.69, 9.17) is 0 Å². The summed E-state index contributed by atoms with van der Waals surface area (Å²) in [6.45, 7) is 0. The maximum absolute atomic E-state index is 12.8. The smallest absolute Gasteiger partial charge is 0.341 e. The van der Waals surface area contributed by atoms with E-state index in [-0.39, 0.29) is 17.4 Å². The molecule has 1 aromatic carbocycles. The van der Waals surface area contributed by atoms with Crippen LogP contribution in [0.3, 0.4) is 0 Å². The van der Waals surface area contributed by atoms with Gasteiger partial charge in [0.05, 0.1) is 12.7 Å². The molecule has 0 spiro atoms.